The van der Waals surface area contributed by atoms with Crippen LogP contribution in [0.2, 0.25) is 0 Å². The van der Waals surface area contributed by atoms with Crippen molar-refractivity contribution in [2.24, 2.45) is 4.99 Å². The lowest BCUT2D eigenvalue weighted by molar-refractivity contribution is -0.137. The van der Waals surface area contributed by atoms with Crippen molar-refractivity contribution in [1.29, 1.82) is 0 Å². The van der Waals surface area contributed by atoms with Gasteiger partial charge in [0.25, 0.3) is 5.91 Å². The average Bonchev–Trinajstić information content (AvgIpc) is 3.12. The molecule has 0 saturated heterocycles. The normalized spacial score (nSPS) is 13.7. The van der Waals surface area contributed by atoms with Gasteiger partial charge in [-0.3, -0.25) is 4.79 Å². The van der Waals surface area contributed by atoms with Crippen LogP contribution in [0, 0.1) is 0 Å². The lowest BCUT2D eigenvalue weighted by Gasteiger charge is -2.19. The first kappa shape index (κ1) is 26.3. The predicted molar refractivity (Wildman–Crippen MR) is 123 cm³/mol. The fraction of sp³-hybridized carbons (Fsp3) is 0.368. The predicted octanol–water partition coefficient (Wildman–Crippen LogP) is 4.43. The van der Waals surface area contributed by atoms with Crippen molar-refractivity contribution in [3.05, 3.63) is 45.2 Å². The van der Waals surface area contributed by atoms with Gasteiger partial charge in [-0.15, -0.1) is 11.3 Å². The maximum atomic E-state index is 13.6. The van der Waals surface area contributed by atoms with Crippen LogP contribution in [0.25, 0.3) is 0 Å². The van der Waals surface area contributed by atoms with Gasteiger partial charge in [0, 0.05) is 37.9 Å². The van der Waals surface area contributed by atoms with Gasteiger partial charge in [0.1, 0.15) is 10.0 Å². The minimum atomic E-state index is -4.73. The number of hydrogen-bond donors (Lipinski definition) is 2. The van der Waals surface area contributed by atoms with Crippen molar-refractivity contribution >= 4 is 54.7 Å². The maximum absolute atomic E-state index is 13.6. The summed E-state index contributed by atoms with van der Waals surface area (Å²) in [6, 6.07) is 5.41. The number of halogens is 4. The first-order valence-electron chi connectivity index (χ1n) is 9.20. The third-order valence-corrected chi connectivity index (χ3v) is 7.96. The van der Waals surface area contributed by atoms with Crippen molar-refractivity contribution < 1.29 is 26.4 Å². The molecule has 1 aromatic carbocycles. The minimum Gasteiger partial charge on any atom is -0.383 e. The molecule has 13 heteroatoms. The second-order valence-electron chi connectivity index (χ2n) is 7.08. The lowest BCUT2D eigenvalue weighted by atomic mass is 10.1. The molecule has 1 aromatic heterocycles. The Kier molecular flexibility index (Phi) is 8.48. The monoisotopic (exact) mass is 554 g/mol. The van der Waals surface area contributed by atoms with E-state index in [9.17, 15) is 26.4 Å². The smallest absolute Gasteiger partial charge is 0.383 e. The van der Waals surface area contributed by atoms with Crippen molar-refractivity contribution in [3.8, 4) is 0 Å². The number of amides is 1. The van der Waals surface area contributed by atoms with Crippen LogP contribution in [-0.4, -0.2) is 51.7 Å². The number of carbonyl (C=O) groups is 1. The summed E-state index contributed by atoms with van der Waals surface area (Å²) in [5.74, 6) is -0.443. The highest BCUT2D eigenvalue weighted by molar-refractivity contribution is 9.11. The summed E-state index contributed by atoms with van der Waals surface area (Å²) in [7, 11) is -0.486. The molecule has 0 aliphatic heterocycles. The van der Waals surface area contributed by atoms with Gasteiger partial charge in [-0.25, -0.2) is 13.1 Å². The summed E-state index contributed by atoms with van der Waals surface area (Å²) in [5, 5.41) is 2.62. The standard InChI is InChI=1S/C19H22BrF3N4O3S2/c1-11(26-32(29,30)17-8-7-16(20)31-17)10-24-15-6-5-13(9-14(15)19(21,22)23)18(28)25-12(2)27(3)4/h5-9,11,24,26H,10H2,1-4H3/t11-/m1/s1. The van der Waals surface area contributed by atoms with E-state index in [-0.39, 0.29) is 22.0 Å². The summed E-state index contributed by atoms with van der Waals surface area (Å²) >= 11 is 4.21. The van der Waals surface area contributed by atoms with Crippen molar-refractivity contribution in [1.82, 2.24) is 9.62 Å². The second-order valence-corrected chi connectivity index (χ2v) is 11.5. The van der Waals surface area contributed by atoms with Gasteiger partial charge < -0.3 is 10.2 Å². The largest absolute Gasteiger partial charge is 0.418 e. The summed E-state index contributed by atoms with van der Waals surface area (Å²) in [6.45, 7) is 2.98. The second kappa shape index (κ2) is 10.3. The Morgan fingerprint density at radius 2 is 1.91 bits per heavy atom. The molecule has 0 bridgehead atoms. The zero-order chi connectivity index (χ0) is 24.3. The Labute approximate surface area is 196 Å². The Bertz CT molecular complexity index is 1120. The van der Waals surface area contributed by atoms with E-state index < -0.39 is 33.7 Å². The number of aliphatic imine (C=N–C) groups is 1. The van der Waals surface area contributed by atoms with Crippen molar-refractivity contribution in [2.45, 2.75) is 30.3 Å². The van der Waals surface area contributed by atoms with Crippen LogP contribution in [0.1, 0.15) is 29.8 Å². The van der Waals surface area contributed by atoms with Crippen LogP contribution >= 0.6 is 27.3 Å². The summed E-state index contributed by atoms with van der Waals surface area (Å²) < 4.78 is 68.6. The van der Waals surface area contributed by atoms with Gasteiger partial charge in [-0.05, 0) is 60.1 Å². The van der Waals surface area contributed by atoms with E-state index in [0.29, 0.717) is 9.62 Å². The van der Waals surface area contributed by atoms with Crippen LogP contribution in [-0.2, 0) is 16.2 Å². The Balaban J connectivity index is 2.19. The van der Waals surface area contributed by atoms with Gasteiger partial charge in [0.2, 0.25) is 10.0 Å². The van der Waals surface area contributed by atoms with E-state index in [0.717, 1.165) is 23.5 Å². The number of nitrogens with one attached hydrogen (secondary N) is 2. The SMILES string of the molecule is CC(=NC(=O)c1ccc(NC[C@@H](C)NS(=O)(=O)c2ccc(Br)s2)c(C(F)(F)F)c1)N(C)C. The quantitative estimate of drug-likeness (QED) is 0.390. The molecule has 2 aromatic rings. The van der Waals surface area contributed by atoms with Gasteiger partial charge in [0.05, 0.1) is 9.35 Å². The first-order valence-corrected chi connectivity index (χ1v) is 12.3. The molecule has 32 heavy (non-hydrogen) atoms. The molecule has 1 amide bonds. The van der Waals surface area contributed by atoms with Crippen LogP contribution in [0.4, 0.5) is 18.9 Å². The molecular formula is C19H22BrF3N4O3S2. The van der Waals surface area contributed by atoms with Gasteiger partial charge in [0.15, 0.2) is 0 Å². The average molecular weight is 555 g/mol. The molecule has 1 atom stereocenters. The van der Waals surface area contributed by atoms with Gasteiger partial charge in [-0.2, -0.15) is 18.2 Å². The van der Waals surface area contributed by atoms with Gasteiger partial charge in [-0.1, -0.05) is 0 Å². The topological polar surface area (TPSA) is 90.9 Å². The van der Waals surface area contributed by atoms with Crippen molar-refractivity contribution in [2.75, 3.05) is 26.0 Å². The molecule has 2 N–H and O–H groups in total. The van der Waals surface area contributed by atoms with E-state index in [4.69, 9.17) is 0 Å². The first-order chi connectivity index (χ1) is 14.7. The molecule has 1 heterocycles. The Morgan fingerprint density at radius 3 is 2.44 bits per heavy atom. The van der Waals surface area contributed by atoms with Crippen LogP contribution in [0.3, 0.4) is 0 Å². The lowest BCUT2D eigenvalue weighted by Crippen LogP contribution is -2.37. The minimum absolute atomic E-state index is 0.0867. The molecule has 0 aliphatic rings. The van der Waals surface area contributed by atoms with Gasteiger partial charge >= 0.3 is 6.18 Å². The zero-order valence-corrected chi connectivity index (χ0v) is 20.8. The number of anilines is 1. The van der Waals surface area contributed by atoms with E-state index in [2.05, 4.69) is 31.0 Å². The number of hydrogen-bond acceptors (Lipinski definition) is 5. The third kappa shape index (κ3) is 7.02. The molecule has 176 valence electrons. The fourth-order valence-electron chi connectivity index (χ4n) is 2.45. The van der Waals surface area contributed by atoms with E-state index in [1.807, 2.05) is 0 Å². The molecule has 0 saturated carbocycles. The van der Waals surface area contributed by atoms with E-state index in [1.165, 1.54) is 19.1 Å². The van der Waals surface area contributed by atoms with Crippen molar-refractivity contribution in [3.63, 3.8) is 0 Å². The molecule has 0 aliphatic carbocycles. The number of nitrogens with zero attached hydrogens (tertiary/aromatic N) is 2. The number of rotatable bonds is 7. The van der Waals surface area contributed by atoms with Crippen LogP contribution < -0.4 is 10.0 Å². The molecule has 7 nitrogen and oxygen atoms in total. The summed E-state index contributed by atoms with van der Waals surface area (Å²) in [5.41, 5.74) is -1.52. The molecule has 0 fully saturated rings. The molecular weight excluding hydrogens is 533 g/mol. The Morgan fingerprint density at radius 1 is 1.25 bits per heavy atom. The summed E-state index contributed by atoms with van der Waals surface area (Å²) in [6.07, 6.45) is -4.73. The number of alkyl halides is 3. The molecule has 0 spiro atoms. The zero-order valence-electron chi connectivity index (χ0n) is 17.6. The summed E-state index contributed by atoms with van der Waals surface area (Å²) in [4.78, 5) is 17.6. The maximum Gasteiger partial charge on any atom is 0.418 e. The fourth-order valence-corrected chi connectivity index (χ4v) is 5.72. The Hall–Kier alpha value is -1.96. The highest BCUT2D eigenvalue weighted by Crippen LogP contribution is 2.35. The number of carbonyl (C=O) groups excluding carboxylic acids is 1. The van der Waals surface area contributed by atoms with E-state index in [1.54, 1.807) is 32.0 Å². The highest BCUT2D eigenvalue weighted by atomic mass is 79.9. The third-order valence-electron chi connectivity index (χ3n) is 4.25. The number of amidine groups is 1. The number of benzene rings is 1. The van der Waals surface area contributed by atoms with Crippen LogP contribution in [0.5, 0.6) is 0 Å². The molecule has 2 rings (SSSR count). The number of sulfonamides is 1. The molecule has 0 unspecified atom stereocenters. The van der Waals surface area contributed by atoms with E-state index >= 15 is 0 Å². The van der Waals surface area contributed by atoms with Crippen LogP contribution in [0.15, 0.2) is 43.3 Å². The highest BCUT2D eigenvalue weighted by Gasteiger charge is 2.34. The number of thiophene rings is 1. The molecule has 0 radical (unpaired) electrons.